The van der Waals surface area contributed by atoms with Crippen molar-refractivity contribution in [1.29, 1.82) is 5.26 Å². The van der Waals surface area contributed by atoms with E-state index in [1.165, 1.54) is 12.8 Å². The van der Waals surface area contributed by atoms with Crippen LogP contribution in [0.3, 0.4) is 0 Å². The van der Waals surface area contributed by atoms with E-state index in [9.17, 15) is 0 Å². The zero-order chi connectivity index (χ0) is 6.97. The lowest BCUT2D eigenvalue weighted by Crippen LogP contribution is -2.37. The topological polar surface area (TPSA) is 35.8 Å². The molecule has 2 unspecified atom stereocenters. The van der Waals surface area contributed by atoms with Gasteiger partial charge in [-0.1, -0.05) is 0 Å². The maximum absolute atomic E-state index is 8.68. The van der Waals surface area contributed by atoms with E-state index in [0.29, 0.717) is 18.0 Å². The van der Waals surface area contributed by atoms with Gasteiger partial charge in [0.1, 0.15) is 0 Å². The third kappa shape index (κ3) is 1.66. The van der Waals surface area contributed by atoms with Gasteiger partial charge in [-0.25, -0.2) is 0 Å². The molecule has 2 aliphatic rings. The monoisotopic (exact) mass is 172 g/mol. The third-order valence-electron chi connectivity index (χ3n) is 2.66. The van der Waals surface area contributed by atoms with Crippen LogP contribution in [-0.2, 0) is 0 Å². The fourth-order valence-corrected chi connectivity index (χ4v) is 2.16. The molecule has 2 saturated heterocycles. The fraction of sp³-hybridized carbons (Fsp3) is 0.875. The average Bonchev–Trinajstić information content (AvgIpc) is 2.30. The number of nitriles is 1. The SMILES string of the molecule is Cl.N#CC1CC2CCC(C1)N2. The molecule has 2 bridgehead atoms. The highest BCUT2D eigenvalue weighted by Crippen LogP contribution is 2.29. The zero-order valence-electron chi connectivity index (χ0n) is 6.42. The minimum Gasteiger partial charge on any atom is -0.311 e. The van der Waals surface area contributed by atoms with Gasteiger partial charge in [-0.3, -0.25) is 0 Å². The summed E-state index contributed by atoms with van der Waals surface area (Å²) < 4.78 is 0. The summed E-state index contributed by atoms with van der Waals surface area (Å²) in [6.45, 7) is 0. The van der Waals surface area contributed by atoms with Gasteiger partial charge in [0.2, 0.25) is 0 Å². The Balaban J connectivity index is 0.000000605. The van der Waals surface area contributed by atoms with Gasteiger partial charge in [0, 0.05) is 18.0 Å². The smallest absolute Gasteiger partial charge is 0.0657 e. The Morgan fingerprint density at radius 1 is 1.18 bits per heavy atom. The second-order valence-corrected chi connectivity index (χ2v) is 3.44. The molecule has 0 spiro atoms. The van der Waals surface area contributed by atoms with E-state index in [0.717, 1.165) is 12.8 Å². The summed E-state index contributed by atoms with van der Waals surface area (Å²) in [6, 6.07) is 3.70. The molecule has 0 aromatic carbocycles. The average molecular weight is 173 g/mol. The molecule has 0 radical (unpaired) electrons. The van der Waals surface area contributed by atoms with Crippen LogP contribution in [0, 0.1) is 17.2 Å². The molecule has 2 rings (SSSR count). The normalized spacial score (nSPS) is 40.8. The molecule has 2 atom stereocenters. The van der Waals surface area contributed by atoms with Crippen molar-refractivity contribution in [1.82, 2.24) is 5.32 Å². The lowest BCUT2D eigenvalue weighted by molar-refractivity contribution is 0.350. The van der Waals surface area contributed by atoms with Crippen molar-refractivity contribution in [2.24, 2.45) is 5.92 Å². The molecule has 1 N–H and O–H groups in total. The van der Waals surface area contributed by atoms with Crippen LogP contribution in [0.4, 0.5) is 0 Å². The Morgan fingerprint density at radius 3 is 2.18 bits per heavy atom. The summed E-state index contributed by atoms with van der Waals surface area (Å²) >= 11 is 0. The van der Waals surface area contributed by atoms with Crippen LogP contribution in [0.1, 0.15) is 25.7 Å². The first-order valence-corrected chi connectivity index (χ1v) is 4.04. The van der Waals surface area contributed by atoms with E-state index >= 15 is 0 Å². The van der Waals surface area contributed by atoms with Crippen LogP contribution < -0.4 is 5.32 Å². The van der Waals surface area contributed by atoms with Gasteiger partial charge in [0.15, 0.2) is 0 Å². The second-order valence-electron chi connectivity index (χ2n) is 3.44. The van der Waals surface area contributed by atoms with Gasteiger partial charge >= 0.3 is 0 Å². The van der Waals surface area contributed by atoms with Gasteiger partial charge in [0.25, 0.3) is 0 Å². The second kappa shape index (κ2) is 3.42. The molecule has 2 heterocycles. The van der Waals surface area contributed by atoms with E-state index < -0.39 is 0 Å². The molecule has 0 amide bonds. The largest absolute Gasteiger partial charge is 0.311 e. The highest BCUT2D eigenvalue weighted by Gasteiger charge is 2.33. The van der Waals surface area contributed by atoms with Crippen LogP contribution in [0.5, 0.6) is 0 Å². The molecule has 0 saturated carbocycles. The van der Waals surface area contributed by atoms with Gasteiger partial charge in [0.05, 0.1) is 6.07 Å². The first kappa shape index (κ1) is 8.83. The predicted octanol–water partition coefficient (Wildman–Crippen LogP) is 1.46. The number of fused-ring (bicyclic) bond motifs is 2. The molecule has 3 heteroatoms. The number of piperidine rings is 1. The Labute approximate surface area is 73.4 Å². The van der Waals surface area contributed by atoms with Crippen LogP contribution in [0.25, 0.3) is 0 Å². The van der Waals surface area contributed by atoms with E-state index in [4.69, 9.17) is 5.26 Å². The Kier molecular flexibility index (Phi) is 2.75. The van der Waals surface area contributed by atoms with Crippen molar-refractivity contribution in [2.45, 2.75) is 37.8 Å². The lowest BCUT2D eigenvalue weighted by Gasteiger charge is -2.24. The van der Waals surface area contributed by atoms with Crippen molar-refractivity contribution in [2.75, 3.05) is 0 Å². The van der Waals surface area contributed by atoms with Gasteiger partial charge in [-0.2, -0.15) is 5.26 Å². The minimum atomic E-state index is 0. The first-order valence-electron chi connectivity index (χ1n) is 4.04. The molecule has 2 aliphatic heterocycles. The Morgan fingerprint density at radius 2 is 1.73 bits per heavy atom. The highest BCUT2D eigenvalue weighted by atomic mass is 35.5. The van der Waals surface area contributed by atoms with Gasteiger partial charge in [-0.05, 0) is 25.7 Å². The van der Waals surface area contributed by atoms with Crippen molar-refractivity contribution < 1.29 is 0 Å². The zero-order valence-corrected chi connectivity index (χ0v) is 7.23. The van der Waals surface area contributed by atoms with Gasteiger partial charge in [-0.15, -0.1) is 12.4 Å². The summed E-state index contributed by atoms with van der Waals surface area (Å²) in [5, 5.41) is 12.2. The number of rotatable bonds is 0. The van der Waals surface area contributed by atoms with E-state index in [2.05, 4.69) is 11.4 Å². The number of hydrogen-bond acceptors (Lipinski definition) is 2. The molecule has 11 heavy (non-hydrogen) atoms. The molecule has 2 nitrogen and oxygen atoms in total. The maximum atomic E-state index is 8.68. The van der Waals surface area contributed by atoms with Crippen LogP contribution in [-0.4, -0.2) is 12.1 Å². The summed E-state index contributed by atoms with van der Waals surface area (Å²) in [5.74, 6) is 0.346. The van der Waals surface area contributed by atoms with E-state index in [1.54, 1.807) is 0 Å². The molecule has 62 valence electrons. The first-order chi connectivity index (χ1) is 4.88. The van der Waals surface area contributed by atoms with Gasteiger partial charge < -0.3 is 5.32 Å². The molecular formula is C8H13ClN2. The number of halogens is 1. The molecular weight excluding hydrogens is 160 g/mol. The molecule has 0 aromatic rings. The summed E-state index contributed by atoms with van der Waals surface area (Å²) in [4.78, 5) is 0. The van der Waals surface area contributed by atoms with Crippen molar-refractivity contribution in [3.05, 3.63) is 0 Å². The van der Waals surface area contributed by atoms with Crippen LogP contribution in [0.15, 0.2) is 0 Å². The number of nitrogens with zero attached hydrogens (tertiary/aromatic N) is 1. The van der Waals surface area contributed by atoms with Crippen molar-refractivity contribution >= 4 is 12.4 Å². The fourth-order valence-electron chi connectivity index (χ4n) is 2.16. The quantitative estimate of drug-likeness (QED) is 0.601. The van der Waals surface area contributed by atoms with Crippen LogP contribution in [0.2, 0.25) is 0 Å². The summed E-state index contributed by atoms with van der Waals surface area (Å²) in [5.41, 5.74) is 0. The van der Waals surface area contributed by atoms with Crippen LogP contribution >= 0.6 is 12.4 Å². The highest BCUT2D eigenvalue weighted by molar-refractivity contribution is 5.85. The standard InChI is InChI=1S/C8H12N2.ClH/c9-5-6-3-7-1-2-8(4-6)10-7;/h6-8,10H,1-4H2;1H. The van der Waals surface area contributed by atoms with Crippen molar-refractivity contribution in [3.8, 4) is 6.07 Å². The van der Waals surface area contributed by atoms with E-state index in [1.807, 2.05) is 0 Å². The number of hydrogen-bond donors (Lipinski definition) is 1. The number of nitrogens with one attached hydrogen (secondary N) is 1. The Bertz CT molecular complexity index is 163. The third-order valence-corrected chi connectivity index (χ3v) is 2.66. The summed E-state index contributed by atoms with van der Waals surface area (Å²) in [7, 11) is 0. The predicted molar refractivity (Wildman–Crippen MR) is 45.5 cm³/mol. The van der Waals surface area contributed by atoms with Crippen molar-refractivity contribution in [3.63, 3.8) is 0 Å². The van der Waals surface area contributed by atoms with E-state index in [-0.39, 0.29) is 12.4 Å². The maximum Gasteiger partial charge on any atom is 0.0657 e. The Hall–Kier alpha value is -0.260. The summed E-state index contributed by atoms with van der Waals surface area (Å²) in [6.07, 6.45) is 4.77. The molecule has 2 fully saturated rings. The minimum absolute atomic E-state index is 0. The lowest BCUT2D eigenvalue weighted by atomic mass is 9.94. The molecule has 0 aliphatic carbocycles. The molecule has 0 aromatic heterocycles.